The van der Waals surface area contributed by atoms with Gasteiger partial charge in [-0.05, 0) is 51.5 Å². The minimum Gasteiger partial charge on any atom is -0.305 e. The Labute approximate surface area is 80.1 Å². The highest BCUT2D eigenvalue weighted by Crippen LogP contribution is 2.35. The SMILES string of the molecule is CC1(C(=O)CC2CC2)CCCCN1. The molecule has 0 aromatic heterocycles. The van der Waals surface area contributed by atoms with Crippen molar-refractivity contribution >= 4 is 5.78 Å². The molecule has 2 nitrogen and oxygen atoms in total. The second-order valence-corrected chi connectivity index (χ2v) is 4.79. The van der Waals surface area contributed by atoms with Gasteiger partial charge in [0.2, 0.25) is 0 Å². The Kier molecular flexibility index (Phi) is 2.41. The number of carbonyl (C=O) groups is 1. The summed E-state index contributed by atoms with van der Waals surface area (Å²) in [5, 5.41) is 3.38. The van der Waals surface area contributed by atoms with Gasteiger partial charge in [0.25, 0.3) is 0 Å². The molecule has 2 heteroatoms. The van der Waals surface area contributed by atoms with Crippen molar-refractivity contribution in [2.24, 2.45) is 5.92 Å². The van der Waals surface area contributed by atoms with Crippen molar-refractivity contribution in [2.75, 3.05) is 6.54 Å². The normalized spacial score (nSPS) is 34.5. The van der Waals surface area contributed by atoms with E-state index >= 15 is 0 Å². The molecule has 74 valence electrons. The summed E-state index contributed by atoms with van der Waals surface area (Å²) < 4.78 is 0. The number of rotatable bonds is 3. The molecule has 2 rings (SSSR count). The van der Waals surface area contributed by atoms with Gasteiger partial charge in [-0.2, -0.15) is 0 Å². The van der Waals surface area contributed by atoms with Crippen LogP contribution in [0.5, 0.6) is 0 Å². The molecule has 1 aliphatic heterocycles. The maximum absolute atomic E-state index is 11.9. The van der Waals surface area contributed by atoms with Crippen molar-refractivity contribution in [3.05, 3.63) is 0 Å². The molecule has 0 aromatic carbocycles. The average Bonchev–Trinajstić information content (AvgIpc) is 2.89. The Morgan fingerprint density at radius 2 is 2.23 bits per heavy atom. The largest absolute Gasteiger partial charge is 0.305 e. The Morgan fingerprint density at radius 1 is 1.46 bits per heavy atom. The van der Waals surface area contributed by atoms with Crippen LogP contribution in [0.4, 0.5) is 0 Å². The number of piperidine rings is 1. The van der Waals surface area contributed by atoms with Gasteiger partial charge in [0.15, 0.2) is 5.78 Å². The summed E-state index contributed by atoms with van der Waals surface area (Å²) in [5.74, 6) is 1.18. The van der Waals surface area contributed by atoms with E-state index in [-0.39, 0.29) is 5.54 Å². The number of hydrogen-bond acceptors (Lipinski definition) is 2. The first-order chi connectivity index (χ1) is 6.21. The molecule has 1 N–H and O–H groups in total. The third-order valence-corrected chi connectivity index (χ3v) is 3.41. The predicted octanol–water partition coefficient (Wildman–Crippen LogP) is 1.89. The Morgan fingerprint density at radius 3 is 2.77 bits per heavy atom. The summed E-state index contributed by atoms with van der Waals surface area (Å²) in [6.45, 7) is 3.10. The number of carbonyl (C=O) groups excluding carboxylic acids is 1. The van der Waals surface area contributed by atoms with Crippen molar-refractivity contribution in [2.45, 2.75) is 51.0 Å². The Bertz CT molecular complexity index is 202. The van der Waals surface area contributed by atoms with Crippen LogP contribution in [0.2, 0.25) is 0 Å². The van der Waals surface area contributed by atoms with Crippen molar-refractivity contribution in [3.8, 4) is 0 Å². The van der Waals surface area contributed by atoms with Gasteiger partial charge in [0.05, 0.1) is 5.54 Å². The molecule has 0 radical (unpaired) electrons. The van der Waals surface area contributed by atoms with E-state index < -0.39 is 0 Å². The molecule has 1 aliphatic carbocycles. The zero-order valence-electron chi connectivity index (χ0n) is 8.44. The Hall–Kier alpha value is -0.370. The third kappa shape index (κ3) is 2.11. The van der Waals surface area contributed by atoms with Gasteiger partial charge in [-0.25, -0.2) is 0 Å². The summed E-state index contributed by atoms with van der Waals surface area (Å²) in [6.07, 6.45) is 6.86. The van der Waals surface area contributed by atoms with Crippen molar-refractivity contribution in [1.82, 2.24) is 5.32 Å². The van der Waals surface area contributed by atoms with Crippen LogP contribution in [-0.2, 0) is 4.79 Å². The topological polar surface area (TPSA) is 29.1 Å². The highest BCUT2D eigenvalue weighted by Gasteiger charge is 2.36. The van der Waals surface area contributed by atoms with E-state index in [2.05, 4.69) is 12.2 Å². The molecule has 2 fully saturated rings. The molecule has 0 amide bonds. The maximum Gasteiger partial charge on any atom is 0.152 e. The molecule has 1 unspecified atom stereocenters. The molecule has 1 heterocycles. The zero-order valence-corrected chi connectivity index (χ0v) is 8.44. The van der Waals surface area contributed by atoms with Gasteiger partial charge >= 0.3 is 0 Å². The first kappa shape index (κ1) is 9.20. The molecule has 1 saturated heterocycles. The van der Waals surface area contributed by atoms with Gasteiger partial charge in [-0.1, -0.05) is 0 Å². The van der Waals surface area contributed by atoms with Crippen molar-refractivity contribution in [3.63, 3.8) is 0 Å². The highest BCUT2D eigenvalue weighted by atomic mass is 16.1. The summed E-state index contributed by atoms with van der Waals surface area (Å²) in [7, 11) is 0. The fourth-order valence-electron chi connectivity index (χ4n) is 2.10. The van der Waals surface area contributed by atoms with E-state index in [9.17, 15) is 4.79 Å². The van der Waals surface area contributed by atoms with Gasteiger partial charge in [0, 0.05) is 6.42 Å². The average molecular weight is 181 g/mol. The van der Waals surface area contributed by atoms with E-state index in [1.54, 1.807) is 0 Å². The van der Waals surface area contributed by atoms with Crippen LogP contribution in [0.25, 0.3) is 0 Å². The number of ketones is 1. The van der Waals surface area contributed by atoms with Crippen LogP contribution in [0.1, 0.15) is 45.4 Å². The van der Waals surface area contributed by atoms with E-state index in [0.29, 0.717) is 5.78 Å². The lowest BCUT2D eigenvalue weighted by molar-refractivity contribution is -0.126. The van der Waals surface area contributed by atoms with E-state index in [1.165, 1.54) is 25.7 Å². The fourth-order valence-corrected chi connectivity index (χ4v) is 2.10. The minimum atomic E-state index is -0.180. The minimum absolute atomic E-state index is 0.180. The van der Waals surface area contributed by atoms with Crippen LogP contribution < -0.4 is 5.32 Å². The lowest BCUT2D eigenvalue weighted by atomic mass is 9.85. The smallest absolute Gasteiger partial charge is 0.152 e. The van der Waals surface area contributed by atoms with Crippen LogP contribution in [0.15, 0.2) is 0 Å². The molecule has 1 saturated carbocycles. The second kappa shape index (κ2) is 3.41. The molecule has 2 aliphatic rings. The third-order valence-electron chi connectivity index (χ3n) is 3.41. The first-order valence-corrected chi connectivity index (χ1v) is 5.49. The van der Waals surface area contributed by atoms with Crippen LogP contribution in [0, 0.1) is 5.92 Å². The Balaban J connectivity index is 1.90. The monoisotopic (exact) mass is 181 g/mol. The lowest BCUT2D eigenvalue weighted by Gasteiger charge is -2.33. The number of Topliss-reactive ketones (excluding diaryl/α,β-unsaturated/α-hetero) is 1. The summed E-state index contributed by atoms with van der Waals surface area (Å²) >= 11 is 0. The van der Waals surface area contributed by atoms with Crippen molar-refractivity contribution < 1.29 is 4.79 Å². The maximum atomic E-state index is 11.9. The van der Waals surface area contributed by atoms with E-state index in [4.69, 9.17) is 0 Å². The summed E-state index contributed by atoms with van der Waals surface area (Å²) in [5.41, 5.74) is -0.180. The van der Waals surface area contributed by atoms with Crippen LogP contribution in [0.3, 0.4) is 0 Å². The quantitative estimate of drug-likeness (QED) is 0.720. The van der Waals surface area contributed by atoms with Gasteiger partial charge in [-0.15, -0.1) is 0 Å². The van der Waals surface area contributed by atoms with Gasteiger partial charge in [-0.3, -0.25) is 4.79 Å². The summed E-state index contributed by atoms with van der Waals surface area (Å²) in [6, 6.07) is 0. The molecule has 0 bridgehead atoms. The van der Waals surface area contributed by atoms with Crippen LogP contribution >= 0.6 is 0 Å². The lowest BCUT2D eigenvalue weighted by Crippen LogP contribution is -2.52. The van der Waals surface area contributed by atoms with Crippen LogP contribution in [-0.4, -0.2) is 17.9 Å². The van der Waals surface area contributed by atoms with E-state index in [0.717, 1.165) is 25.3 Å². The van der Waals surface area contributed by atoms with Crippen molar-refractivity contribution in [1.29, 1.82) is 0 Å². The molecule has 0 aromatic rings. The highest BCUT2D eigenvalue weighted by molar-refractivity contribution is 5.88. The first-order valence-electron chi connectivity index (χ1n) is 5.49. The van der Waals surface area contributed by atoms with E-state index in [1.807, 2.05) is 0 Å². The molecular weight excluding hydrogens is 162 g/mol. The number of hydrogen-bond donors (Lipinski definition) is 1. The molecule has 0 spiro atoms. The predicted molar refractivity (Wildman–Crippen MR) is 52.6 cm³/mol. The molecule has 1 atom stereocenters. The molecule has 13 heavy (non-hydrogen) atoms. The fraction of sp³-hybridized carbons (Fsp3) is 0.909. The summed E-state index contributed by atoms with van der Waals surface area (Å²) in [4.78, 5) is 11.9. The second-order valence-electron chi connectivity index (χ2n) is 4.79. The zero-order chi connectivity index (χ0) is 9.31. The van der Waals surface area contributed by atoms with Gasteiger partial charge < -0.3 is 5.32 Å². The number of nitrogens with one attached hydrogen (secondary N) is 1. The standard InChI is InChI=1S/C11H19NO/c1-11(6-2-3-7-12-11)10(13)8-9-4-5-9/h9,12H,2-8H2,1H3. The van der Waals surface area contributed by atoms with Gasteiger partial charge in [0.1, 0.15) is 0 Å². The molecular formula is C11H19NO.